The van der Waals surface area contributed by atoms with Crippen LogP contribution in [0.3, 0.4) is 0 Å². The first-order valence-corrected chi connectivity index (χ1v) is 16.9. The van der Waals surface area contributed by atoms with Crippen molar-refractivity contribution in [2.75, 3.05) is 17.4 Å². The van der Waals surface area contributed by atoms with Gasteiger partial charge in [-0.15, -0.1) is 0 Å². The molecular formula is C34H34Cl3N3O4S. The third-order valence-corrected chi connectivity index (χ3v) is 9.80. The minimum Gasteiger partial charge on any atom is -0.354 e. The van der Waals surface area contributed by atoms with Crippen molar-refractivity contribution in [1.82, 2.24) is 10.2 Å². The highest BCUT2D eigenvalue weighted by molar-refractivity contribution is 7.92. The minimum absolute atomic E-state index is 0.0219. The highest BCUT2D eigenvalue weighted by atomic mass is 35.5. The standard InChI is InChI=1S/C34H34Cl3N3O4S/c1-24(2)21-38-34(42)32(20-25-9-5-3-6-10-25)39(22-26-13-18-30(36)31(37)19-26)33(41)23-40(28-11-7-4-8-12-28)45(43,44)29-16-14-27(35)15-17-29/h3-19,24,32H,20-23H2,1-2H3,(H,38,42). The highest BCUT2D eigenvalue weighted by Gasteiger charge is 2.34. The van der Waals surface area contributed by atoms with Crippen LogP contribution in [-0.4, -0.2) is 44.3 Å². The average Bonchev–Trinajstić information content (AvgIpc) is 3.03. The van der Waals surface area contributed by atoms with Gasteiger partial charge in [0.15, 0.2) is 0 Å². The Labute approximate surface area is 279 Å². The van der Waals surface area contributed by atoms with Gasteiger partial charge < -0.3 is 10.2 Å². The zero-order valence-electron chi connectivity index (χ0n) is 24.9. The lowest BCUT2D eigenvalue weighted by molar-refractivity contribution is -0.140. The van der Waals surface area contributed by atoms with Crippen molar-refractivity contribution in [1.29, 1.82) is 0 Å². The molecule has 7 nitrogen and oxygen atoms in total. The molecule has 0 bridgehead atoms. The van der Waals surface area contributed by atoms with E-state index in [0.29, 0.717) is 32.9 Å². The van der Waals surface area contributed by atoms with Gasteiger partial charge in [-0.2, -0.15) is 0 Å². The predicted octanol–water partition coefficient (Wildman–Crippen LogP) is 7.25. The Morgan fingerprint density at radius 1 is 0.778 bits per heavy atom. The van der Waals surface area contributed by atoms with Crippen LogP contribution in [0.4, 0.5) is 5.69 Å². The summed E-state index contributed by atoms with van der Waals surface area (Å²) in [6, 6.07) is 27.5. The normalized spacial score (nSPS) is 12.0. The van der Waals surface area contributed by atoms with Crippen molar-refractivity contribution < 1.29 is 18.0 Å². The van der Waals surface area contributed by atoms with Gasteiger partial charge in [-0.25, -0.2) is 8.42 Å². The summed E-state index contributed by atoms with van der Waals surface area (Å²) in [6.45, 7) is 3.76. The molecule has 2 amide bonds. The van der Waals surface area contributed by atoms with Crippen LogP contribution < -0.4 is 9.62 Å². The van der Waals surface area contributed by atoms with Crippen molar-refractivity contribution in [3.8, 4) is 0 Å². The molecule has 0 fully saturated rings. The lowest BCUT2D eigenvalue weighted by Crippen LogP contribution is -2.53. The second-order valence-corrected chi connectivity index (χ2v) is 14.0. The molecule has 236 valence electrons. The van der Waals surface area contributed by atoms with Crippen molar-refractivity contribution in [2.24, 2.45) is 5.92 Å². The molecule has 0 radical (unpaired) electrons. The maximum Gasteiger partial charge on any atom is 0.264 e. The Morgan fingerprint density at radius 3 is 2.00 bits per heavy atom. The van der Waals surface area contributed by atoms with E-state index in [1.165, 1.54) is 29.2 Å². The molecule has 11 heteroatoms. The van der Waals surface area contributed by atoms with Crippen LogP contribution in [0.1, 0.15) is 25.0 Å². The first-order chi connectivity index (χ1) is 21.5. The van der Waals surface area contributed by atoms with E-state index in [2.05, 4.69) is 5.32 Å². The van der Waals surface area contributed by atoms with E-state index in [4.69, 9.17) is 34.8 Å². The van der Waals surface area contributed by atoms with E-state index in [-0.39, 0.29) is 29.7 Å². The summed E-state index contributed by atoms with van der Waals surface area (Å²) in [5.74, 6) is -0.764. The molecular weight excluding hydrogens is 653 g/mol. The molecule has 0 saturated heterocycles. The number of rotatable bonds is 13. The van der Waals surface area contributed by atoms with Gasteiger partial charge in [-0.05, 0) is 65.6 Å². The van der Waals surface area contributed by atoms with Gasteiger partial charge >= 0.3 is 0 Å². The lowest BCUT2D eigenvalue weighted by Gasteiger charge is -2.34. The number of amides is 2. The zero-order valence-corrected chi connectivity index (χ0v) is 28.0. The number of hydrogen-bond donors (Lipinski definition) is 1. The van der Waals surface area contributed by atoms with E-state index < -0.39 is 28.5 Å². The third-order valence-electron chi connectivity index (χ3n) is 7.02. The molecule has 45 heavy (non-hydrogen) atoms. The van der Waals surface area contributed by atoms with Crippen molar-refractivity contribution in [3.63, 3.8) is 0 Å². The number of sulfonamides is 1. The van der Waals surface area contributed by atoms with Crippen LogP contribution in [0.2, 0.25) is 15.1 Å². The maximum absolute atomic E-state index is 14.4. The highest BCUT2D eigenvalue weighted by Crippen LogP contribution is 2.27. The average molecular weight is 687 g/mol. The van der Waals surface area contributed by atoms with Crippen LogP contribution in [0.25, 0.3) is 0 Å². The molecule has 0 spiro atoms. The number of carbonyl (C=O) groups excluding carboxylic acids is 2. The molecule has 1 N–H and O–H groups in total. The molecule has 4 rings (SSSR count). The fourth-order valence-corrected chi connectivity index (χ4v) is 6.53. The molecule has 0 aliphatic heterocycles. The number of nitrogens with one attached hydrogen (secondary N) is 1. The summed E-state index contributed by atoms with van der Waals surface area (Å²) in [7, 11) is -4.22. The van der Waals surface area contributed by atoms with Gasteiger partial charge in [0.05, 0.1) is 20.6 Å². The Bertz CT molecular complexity index is 1700. The summed E-state index contributed by atoms with van der Waals surface area (Å²) in [5, 5.41) is 3.98. The quantitative estimate of drug-likeness (QED) is 0.161. The lowest BCUT2D eigenvalue weighted by atomic mass is 10.0. The number of nitrogens with zero attached hydrogens (tertiary/aromatic N) is 2. The van der Waals surface area contributed by atoms with E-state index in [0.717, 1.165) is 9.87 Å². The Balaban J connectivity index is 1.79. The monoisotopic (exact) mass is 685 g/mol. The number of hydrogen-bond acceptors (Lipinski definition) is 4. The minimum atomic E-state index is -4.22. The molecule has 4 aromatic rings. The summed E-state index contributed by atoms with van der Waals surface area (Å²) in [4.78, 5) is 29.6. The van der Waals surface area contributed by atoms with E-state index >= 15 is 0 Å². The summed E-state index contributed by atoms with van der Waals surface area (Å²) in [5.41, 5.74) is 1.75. The molecule has 0 aliphatic carbocycles. The number of anilines is 1. The van der Waals surface area contributed by atoms with Gasteiger partial charge in [0, 0.05) is 24.5 Å². The Hall–Kier alpha value is -3.56. The Morgan fingerprint density at radius 2 is 1.40 bits per heavy atom. The van der Waals surface area contributed by atoms with Gasteiger partial charge in [0.1, 0.15) is 12.6 Å². The summed E-state index contributed by atoms with van der Waals surface area (Å²) in [6.07, 6.45) is 0.201. The second kappa shape index (κ2) is 15.6. The first-order valence-electron chi connectivity index (χ1n) is 14.3. The van der Waals surface area contributed by atoms with Crippen LogP contribution in [0, 0.1) is 5.92 Å². The largest absolute Gasteiger partial charge is 0.354 e. The van der Waals surface area contributed by atoms with Crippen molar-refractivity contribution >= 4 is 62.3 Å². The van der Waals surface area contributed by atoms with Crippen molar-refractivity contribution in [3.05, 3.63) is 129 Å². The number of carbonyl (C=O) groups is 2. The van der Waals surface area contributed by atoms with Gasteiger partial charge in [-0.3, -0.25) is 13.9 Å². The molecule has 0 saturated carbocycles. The van der Waals surface area contributed by atoms with E-state index in [1.54, 1.807) is 48.5 Å². The fourth-order valence-electron chi connectivity index (χ4n) is 4.67. The Kier molecular flexibility index (Phi) is 11.9. The number of halogens is 3. The molecule has 0 aromatic heterocycles. The smallest absolute Gasteiger partial charge is 0.264 e. The van der Waals surface area contributed by atoms with E-state index in [9.17, 15) is 18.0 Å². The molecule has 1 unspecified atom stereocenters. The van der Waals surface area contributed by atoms with Crippen LogP contribution in [0.15, 0.2) is 108 Å². The van der Waals surface area contributed by atoms with Crippen LogP contribution >= 0.6 is 34.8 Å². The van der Waals surface area contributed by atoms with Crippen LogP contribution in [-0.2, 0) is 32.6 Å². The summed E-state index contributed by atoms with van der Waals surface area (Å²) >= 11 is 18.5. The van der Waals surface area contributed by atoms with Gasteiger partial charge in [-0.1, -0.05) is 103 Å². The van der Waals surface area contributed by atoms with Gasteiger partial charge in [0.25, 0.3) is 10.0 Å². The summed E-state index contributed by atoms with van der Waals surface area (Å²) < 4.78 is 29.1. The number of para-hydroxylation sites is 1. The maximum atomic E-state index is 14.4. The molecule has 1 atom stereocenters. The molecule has 0 heterocycles. The predicted molar refractivity (Wildman–Crippen MR) is 181 cm³/mol. The fraction of sp³-hybridized carbons (Fsp3) is 0.235. The molecule has 4 aromatic carbocycles. The zero-order chi connectivity index (χ0) is 32.6. The van der Waals surface area contributed by atoms with Crippen molar-refractivity contribution in [2.45, 2.75) is 37.8 Å². The third kappa shape index (κ3) is 9.23. The van der Waals surface area contributed by atoms with Gasteiger partial charge in [0.2, 0.25) is 11.8 Å². The second-order valence-electron chi connectivity index (χ2n) is 10.9. The molecule has 0 aliphatic rings. The first kappa shape index (κ1) is 34.3. The van der Waals surface area contributed by atoms with Crippen LogP contribution in [0.5, 0.6) is 0 Å². The number of benzene rings is 4. The van der Waals surface area contributed by atoms with E-state index in [1.807, 2.05) is 44.2 Å². The SMILES string of the molecule is CC(C)CNC(=O)C(Cc1ccccc1)N(Cc1ccc(Cl)c(Cl)c1)C(=O)CN(c1ccccc1)S(=O)(=O)c1ccc(Cl)cc1. The topological polar surface area (TPSA) is 86.8 Å².